The lowest BCUT2D eigenvalue weighted by Crippen LogP contribution is -2.33. The van der Waals surface area contributed by atoms with E-state index in [2.05, 4.69) is 18.8 Å². The van der Waals surface area contributed by atoms with Gasteiger partial charge in [0.05, 0.1) is 18.1 Å². The van der Waals surface area contributed by atoms with Crippen LogP contribution in [0, 0.1) is 5.41 Å². The Bertz CT molecular complexity index is 265. The normalized spacial score (nSPS) is 26.6. The van der Waals surface area contributed by atoms with Crippen LogP contribution in [0.5, 0.6) is 0 Å². The number of ether oxygens (including phenoxy) is 1. The van der Waals surface area contributed by atoms with Crippen LogP contribution in [0.4, 0.5) is 0 Å². The van der Waals surface area contributed by atoms with E-state index in [-0.39, 0.29) is 17.4 Å². The van der Waals surface area contributed by atoms with E-state index in [0.29, 0.717) is 6.61 Å². The maximum Gasteiger partial charge on any atom is 0.228 e. The summed E-state index contributed by atoms with van der Waals surface area (Å²) in [5, 5.41) is 3.01. The fourth-order valence-corrected chi connectivity index (χ4v) is 1.95. The molecule has 0 radical (unpaired) electrons. The van der Waals surface area contributed by atoms with Crippen molar-refractivity contribution in [1.29, 1.82) is 0 Å². The summed E-state index contributed by atoms with van der Waals surface area (Å²) in [5.74, 6) is 0.142. The molecule has 0 aromatic rings. The molecule has 1 fully saturated rings. The summed E-state index contributed by atoms with van der Waals surface area (Å²) in [5.41, 5.74) is -0.298. The third-order valence-electron chi connectivity index (χ3n) is 3.41. The molecule has 0 unspecified atom stereocenters. The molecule has 1 amide bonds. The Morgan fingerprint density at radius 2 is 2.29 bits per heavy atom. The van der Waals surface area contributed by atoms with Crippen molar-refractivity contribution in [2.45, 2.75) is 52.1 Å². The summed E-state index contributed by atoms with van der Waals surface area (Å²) in [4.78, 5) is 11.9. The van der Waals surface area contributed by atoms with Gasteiger partial charge >= 0.3 is 0 Å². The first-order valence-electron chi connectivity index (χ1n) is 6.66. The number of hydrogen-bond donors (Lipinski definition) is 1. The van der Waals surface area contributed by atoms with E-state index in [0.717, 1.165) is 19.4 Å². The SMILES string of the molecule is C=CCO[C@@H]1C[C@]1(C)C(=O)NCCCCCC. The molecule has 1 N–H and O–H groups in total. The molecule has 1 aliphatic rings. The van der Waals surface area contributed by atoms with E-state index >= 15 is 0 Å². The van der Waals surface area contributed by atoms with Gasteiger partial charge in [-0.3, -0.25) is 4.79 Å². The molecule has 3 nitrogen and oxygen atoms in total. The first kappa shape index (κ1) is 14.2. The van der Waals surface area contributed by atoms with Crippen LogP contribution in [-0.2, 0) is 9.53 Å². The Balaban J connectivity index is 2.14. The van der Waals surface area contributed by atoms with Gasteiger partial charge in [-0.2, -0.15) is 0 Å². The van der Waals surface area contributed by atoms with Crippen LogP contribution in [0.15, 0.2) is 12.7 Å². The maximum absolute atomic E-state index is 11.9. The number of nitrogens with one attached hydrogen (secondary N) is 1. The first-order valence-corrected chi connectivity index (χ1v) is 6.66. The number of carbonyl (C=O) groups is 1. The smallest absolute Gasteiger partial charge is 0.228 e. The Kier molecular flexibility index (Phi) is 5.69. The van der Waals surface area contributed by atoms with E-state index < -0.39 is 0 Å². The third kappa shape index (κ3) is 4.15. The predicted molar refractivity (Wildman–Crippen MR) is 69.8 cm³/mol. The van der Waals surface area contributed by atoms with Crippen molar-refractivity contribution in [3.05, 3.63) is 12.7 Å². The van der Waals surface area contributed by atoms with Crippen molar-refractivity contribution >= 4 is 5.91 Å². The van der Waals surface area contributed by atoms with E-state index in [9.17, 15) is 4.79 Å². The lowest BCUT2D eigenvalue weighted by Gasteiger charge is -2.11. The molecule has 0 bridgehead atoms. The van der Waals surface area contributed by atoms with Crippen LogP contribution in [-0.4, -0.2) is 25.2 Å². The maximum atomic E-state index is 11.9. The molecule has 0 aromatic carbocycles. The number of hydrogen-bond acceptors (Lipinski definition) is 2. The molecule has 1 rings (SSSR count). The second kappa shape index (κ2) is 6.80. The van der Waals surface area contributed by atoms with E-state index in [1.807, 2.05) is 6.92 Å². The molecule has 0 spiro atoms. The Hall–Kier alpha value is -0.830. The van der Waals surface area contributed by atoms with Crippen molar-refractivity contribution in [3.8, 4) is 0 Å². The van der Waals surface area contributed by atoms with Gasteiger partial charge < -0.3 is 10.1 Å². The van der Waals surface area contributed by atoms with Crippen molar-refractivity contribution in [2.75, 3.05) is 13.2 Å². The molecule has 1 aliphatic carbocycles. The van der Waals surface area contributed by atoms with E-state index in [1.165, 1.54) is 19.3 Å². The highest BCUT2D eigenvalue weighted by Gasteiger charge is 2.57. The second-order valence-corrected chi connectivity index (χ2v) is 5.05. The van der Waals surface area contributed by atoms with Gasteiger partial charge in [-0.1, -0.05) is 32.3 Å². The largest absolute Gasteiger partial charge is 0.373 e. The van der Waals surface area contributed by atoms with Crippen LogP contribution >= 0.6 is 0 Å². The molecule has 0 aliphatic heterocycles. The molecular formula is C14H25NO2. The molecule has 0 saturated heterocycles. The van der Waals surface area contributed by atoms with Crippen LogP contribution in [0.2, 0.25) is 0 Å². The second-order valence-electron chi connectivity index (χ2n) is 5.05. The van der Waals surface area contributed by atoms with Gasteiger partial charge in [0.15, 0.2) is 0 Å². The highest BCUT2D eigenvalue weighted by molar-refractivity contribution is 5.86. The van der Waals surface area contributed by atoms with Crippen molar-refractivity contribution in [1.82, 2.24) is 5.32 Å². The monoisotopic (exact) mass is 239 g/mol. The van der Waals surface area contributed by atoms with Gasteiger partial charge in [0.2, 0.25) is 5.91 Å². The Labute approximate surface area is 105 Å². The van der Waals surface area contributed by atoms with Crippen molar-refractivity contribution < 1.29 is 9.53 Å². The minimum atomic E-state index is -0.298. The van der Waals surface area contributed by atoms with Crippen molar-refractivity contribution in [3.63, 3.8) is 0 Å². The zero-order chi connectivity index (χ0) is 12.7. The van der Waals surface area contributed by atoms with Crippen LogP contribution in [0.25, 0.3) is 0 Å². The molecule has 1 saturated carbocycles. The number of unbranched alkanes of at least 4 members (excludes halogenated alkanes) is 3. The Morgan fingerprint density at radius 1 is 1.53 bits per heavy atom. The molecule has 17 heavy (non-hydrogen) atoms. The fourth-order valence-electron chi connectivity index (χ4n) is 1.95. The van der Waals surface area contributed by atoms with Crippen molar-refractivity contribution in [2.24, 2.45) is 5.41 Å². The highest BCUT2D eigenvalue weighted by Crippen LogP contribution is 2.48. The zero-order valence-corrected chi connectivity index (χ0v) is 11.1. The molecule has 3 heteroatoms. The van der Waals surface area contributed by atoms with Gasteiger partial charge in [-0.15, -0.1) is 6.58 Å². The minimum Gasteiger partial charge on any atom is -0.373 e. The third-order valence-corrected chi connectivity index (χ3v) is 3.41. The fraction of sp³-hybridized carbons (Fsp3) is 0.786. The summed E-state index contributed by atoms with van der Waals surface area (Å²) in [6, 6.07) is 0. The predicted octanol–water partition coefficient (Wildman–Crippen LogP) is 2.66. The van der Waals surface area contributed by atoms with Gasteiger partial charge in [-0.05, 0) is 19.8 Å². The Morgan fingerprint density at radius 3 is 2.94 bits per heavy atom. The average Bonchev–Trinajstić information content (AvgIpc) is 2.99. The molecule has 2 atom stereocenters. The lowest BCUT2D eigenvalue weighted by atomic mass is 10.1. The summed E-state index contributed by atoms with van der Waals surface area (Å²) in [7, 11) is 0. The number of rotatable bonds is 9. The number of amides is 1. The van der Waals surface area contributed by atoms with Crippen LogP contribution in [0.3, 0.4) is 0 Å². The highest BCUT2D eigenvalue weighted by atomic mass is 16.5. The standard InChI is InChI=1S/C14H25NO2/c1-4-6-7-8-9-15-13(16)14(3)11-12(14)17-10-5-2/h5,12H,2,4,6-11H2,1,3H3,(H,15,16)/t12-,14+/m1/s1. The van der Waals surface area contributed by atoms with Crippen LogP contribution in [0.1, 0.15) is 46.0 Å². The summed E-state index contributed by atoms with van der Waals surface area (Å²) < 4.78 is 5.50. The lowest BCUT2D eigenvalue weighted by molar-refractivity contribution is -0.127. The van der Waals surface area contributed by atoms with Crippen LogP contribution < -0.4 is 5.32 Å². The average molecular weight is 239 g/mol. The summed E-state index contributed by atoms with van der Waals surface area (Å²) >= 11 is 0. The van der Waals surface area contributed by atoms with Gasteiger partial charge in [-0.25, -0.2) is 0 Å². The van der Waals surface area contributed by atoms with Gasteiger partial charge in [0.1, 0.15) is 0 Å². The summed E-state index contributed by atoms with van der Waals surface area (Å²) in [6.45, 7) is 9.09. The van der Waals surface area contributed by atoms with E-state index in [4.69, 9.17) is 4.74 Å². The van der Waals surface area contributed by atoms with E-state index in [1.54, 1.807) is 6.08 Å². The zero-order valence-electron chi connectivity index (χ0n) is 11.1. The molecular weight excluding hydrogens is 214 g/mol. The minimum absolute atomic E-state index is 0.0798. The summed E-state index contributed by atoms with van der Waals surface area (Å²) in [6.07, 6.45) is 7.39. The molecule has 0 aromatic heterocycles. The topological polar surface area (TPSA) is 38.3 Å². The number of carbonyl (C=O) groups excluding carboxylic acids is 1. The molecule has 98 valence electrons. The first-order chi connectivity index (χ1) is 8.15. The van der Waals surface area contributed by atoms with Gasteiger partial charge in [0.25, 0.3) is 0 Å². The quantitative estimate of drug-likeness (QED) is 0.496. The van der Waals surface area contributed by atoms with Gasteiger partial charge in [0, 0.05) is 6.54 Å². The molecule has 0 heterocycles.